The molecule has 4 rings (SSSR count). The molecule has 27 heavy (non-hydrogen) atoms. The number of pyridine rings is 1. The van der Waals surface area contributed by atoms with Gasteiger partial charge in [0.15, 0.2) is 0 Å². The highest BCUT2D eigenvalue weighted by Gasteiger charge is 2.54. The number of ketones is 1. The minimum absolute atomic E-state index is 0.0965. The summed E-state index contributed by atoms with van der Waals surface area (Å²) in [6.07, 6.45) is 2.64. The maximum atomic E-state index is 15.8. The predicted octanol–water partition coefficient (Wildman–Crippen LogP) is 5.08. The Labute approximate surface area is 164 Å². The molecule has 136 valence electrons. The largest absolute Gasteiger partial charge is 0.313 e. The first-order chi connectivity index (χ1) is 12.8. The summed E-state index contributed by atoms with van der Waals surface area (Å²) in [5, 5.41) is 2.77. The van der Waals surface area contributed by atoms with Gasteiger partial charge in [-0.2, -0.15) is 0 Å². The zero-order valence-corrected chi connectivity index (χ0v) is 16.0. The summed E-state index contributed by atoms with van der Waals surface area (Å²) in [6, 6.07) is 8.51. The maximum absolute atomic E-state index is 15.8. The Kier molecular flexibility index (Phi) is 4.13. The molecule has 0 fully saturated rings. The lowest BCUT2D eigenvalue weighted by Crippen LogP contribution is -2.47. The van der Waals surface area contributed by atoms with Crippen LogP contribution in [-0.4, -0.2) is 16.7 Å². The molecule has 0 radical (unpaired) electrons. The van der Waals surface area contributed by atoms with E-state index >= 15 is 4.39 Å². The minimum Gasteiger partial charge on any atom is -0.313 e. The van der Waals surface area contributed by atoms with Gasteiger partial charge in [-0.15, -0.1) is 11.3 Å². The number of thiophene rings is 1. The Morgan fingerprint density at radius 2 is 1.93 bits per heavy atom. The zero-order chi connectivity index (χ0) is 19.3. The van der Waals surface area contributed by atoms with Crippen LogP contribution >= 0.6 is 22.9 Å². The van der Waals surface area contributed by atoms with Crippen LogP contribution in [0.5, 0.6) is 0 Å². The van der Waals surface area contributed by atoms with Gasteiger partial charge in [0, 0.05) is 23.5 Å². The van der Waals surface area contributed by atoms with E-state index in [0.29, 0.717) is 15.5 Å². The summed E-state index contributed by atoms with van der Waals surface area (Å²) in [4.78, 5) is 29.5. The average Bonchev–Trinajstić information content (AvgIpc) is 2.98. The number of fused-ring (bicyclic) bond motifs is 1. The first-order valence-corrected chi connectivity index (χ1v) is 9.39. The Hall–Kier alpha value is -2.57. The summed E-state index contributed by atoms with van der Waals surface area (Å²) < 4.78 is 16.1. The van der Waals surface area contributed by atoms with Crippen molar-refractivity contribution in [2.45, 2.75) is 19.5 Å². The lowest BCUT2D eigenvalue weighted by atomic mass is 9.83. The number of hydrogen-bond acceptors (Lipinski definition) is 4. The van der Waals surface area contributed by atoms with E-state index in [1.54, 1.807) is 0 Å². The second kappa shape index (κ2) is 6.25. The van der Waals surface area contributed by atoms with Crippen molar-refractivity contribution in [2.24, 2.45) is 0 Å². The molecule has 1 unspecified atom stereocenters. The zero-order valence-electron chi connectivity index (χ0n) is 14.5. The van der Waals surface area contributed by atoms with Crippen LogP contribution in [0.4, 0.5) is 9.39 Å². The average molecular weight is 401 g/mol. The van der Waals surface area contributed by atoms with Gasteiger partial charge in [0.1, 0.15) is 9.34 Å². The molecule has 1 atom stereocenters. The van der Waals surface area contributed by atoms with Gasteiger partial charge < -0.3 is 5.32 Å². The van der Waals surface area contributed by atoms with Crippen molar-refractivity contribution in [1.29, 1.82) is 0 Å². The van der Waals surface area contributed by atoms with Crippen LogP contribution in [0.1, 0.15) is 27.0 Å². The highest BCUT2D eigenvalue weighted by Crippen LogP contribution is 2.49. The summed E-state index contributed by atoms with van der Waals surface area (Å²) >= 11 is 7.45. The van der Waals surface area contributed by atoms with Gasteiger partial charge in [0.05, 0.1) is 5.56 Å². The number of aryl methyl sites for hydroxylation is 2. The van der Waals surface area contributed by atoms with Crippen LogP contribution in [0.25, 0.3) is 11.1 Å². The number of halogens is 2. The first-order valence-electron chi connectivity index (χ1n) is 8.19. The van der Waals surface area contributed by atoms with E-state index in [1.807, 2.05) is 32.0 Å². The molecule has 1 N–H and O–H groups in total. The molecular weight excluding hydrogens is 387 g/mol. The fourth-order valence-electron chi connectivity index (χ4n) is 3.16. The molecule has 3 heterocycles. The summed E-state index contributed by atoms with van der Waals surface area (Å²) in [7, 11) is 0. The fourth-order valence-corrected chi connectivity index (χ4v) is 4.53. The Morgan fingerprint density at radius 1 is 1.15 bits per heavy atom. The number of amides is 1. The molecule has 3 aromatic rings. The summed E-state index contributed by atoms with van der Waals surface area (Å²) in [5.74, 6) is -1.96. The molecule has 1 aliphatic rings. The van der Waals surface area contributed by atoms with E-state index in [-0.39, 0.29) is 16.1 Å². The van der Waals surface area contributed by atoms with Crippen molar-refractivity contribution in [3.05, 3.63) is 69.3 Å². The summed E-state index contributed by atoms with van der Waals surface area (Å²) in [5.41, 5.74) is 0.406. The highest BCUT2D eigenvalue weighted by atomic mass is 35.5. The van der Waals surface area contributed by atoms with Crippen molar-refractivity contribution in [3.8, 4) is 11.1 Å². The van der Waals surface area contributed by atoms with E-state index in [1.165, 1.54) is 24.5 Å². The quantitative estimate of drug-likeness (QED) is 0.610. The van der Waals surface area contributed by atoms with Gasteiger partial charge in [0.25, 0.3) is 11.6 Å². The molecule has 1 aliphatic heterocycles. The fraction of sp³-hybridized carbons (Fsp3) is 0.150. The van der Waals surface area contributed by atoms with Gasteiger partial charge in [-0.25, -0.2) is 4.39 Å². The molecule has 7 heteroatoms. The molecule has 4 nitrogen and oxygen atoms in total. The molecule has 0 saturated carbocycles. The number of nitrogens with zero attached hydrogens (tertiary/aromatic N) is 1. The third kappa shape index (κ3) is 2.59. The second-order valence-corrected chi connectivity index (χ2v) is 8.06. The topological polar surface area (TPSA) is 59.1 Å². The van der Waals surface area contributed by atoms with Crippen LogP contribution in [0.15, 0.2) is 42.7 Å². The highest BCUT2D eigenvalue weighted by molar-refractivity contribution is 7.21. The van der Waals surface area contributed by atoms with Gasteiger partial charge in [-0.1, -0.05) is 35.9 Å². The van der Waals surface area contributed by atoms with Crippen LogP contribution in [-0.2, 0) is 10.5 Å². The smallest absolute Gasteiger partial charge is 0.277 e. The van der Waals surface area contributed by atoms with Gasteiger partial charge in [-0.05, 0) is 36.6 Å². The van der Waals surface area contributed by atoms with Crippen LogP contribution in [0.3, 0.4) is 0 Å². The number of hydrogen-bond donors (Lipinski definition) is 1. The number of anilines is 1. The molecule has 2 aromatic heterocycles. The number of Topliss-reactive ketones (excluding diaryl/α,β-unsaturated/α-hetero) is 1. The van der Waals surface area contributed by atoms with Crippen LogP contribution < -0.4 is 5.32 Å². The van der Waals surface area contributed by atoms with E-state index in [9.17, 15) is 9.59 Å². The minimum atomic E-state index is -2.85. The third-order valence-corrected chi connectivity index (χ3v) is 6.11. The van der Waals surface area contributed by atoms with Crippen molar-refractivity contribution >= 4 is 39.6 Å². The third-order valence-electron chi connectivity index (χ3n) is 4.80. The lowest BCUT2D eigenvalue weighted by molar-refractivity contribution is -0.125. The number of carbonyl (C=O) groups excluding carboxylic acids is 2. The van der Waals surface area contributed by atoms with Crippen molar-refractivity contribution in [3.63, 3.8) is 0 Å². The monoisotopic (exact) mass is 400 g/mol. The van der Waals surface area contributed by atoms with E-state index in [0.717, 1.165) is 22.5 Å². The first kappa shape index (κ1) is 17.8. The lowest BCUT2D eigenvalue weighted by Gasteiger charge is -2.27. The van der Waals surface area contributed by atoms with E-state index < -0.39 is 17.4 Å². The molecule has 1 aromatic carbocycles. The van der Waals surface area contributed by atoms with E-state index in [2.05, 4.69) is 10.3 Å². The predicted molar refractivity (Wildman–Crippen MR) is 104 cm³/mol. The van der Waals surface area contributed by atoms with E-state index in [4.69, 9.17) is 11.6 Å². The molecular formula is C20H14ClFN2O2S. The number of nitrogens with one attached hydrogen (secondary N) is 1. The van der Waals surface area contributed by atoms with Gasteiger partial charge >= 0.3 is 0 Å². The molecule has 0 aliphatic carbocycles. The molecule has 0 bridgehead atoms. The maximum Gasteiger partial charge on any atom is 0.277 e. The van der Waals surface area contributed by atoms with Crippen LogP contribution in [0.2, 0.25) is 4.34 Å². The second-order valence-electron chi connectivity index (χ2n) is 6.44. The molecule has 1 amide bonds. The Bertz CT molecular complexity index is 1100. The van der Waals surface area contributed by atoms with Gasteiger partial charge in [-0.3, -0.25) is 14.6 Å². The molecule has 0 saturated heterocycles. The van der Waals surface area contributed by atoms with Crippen LogP contribution in [0, 0.1) is 13.8 Å². The normalized spacial score (nSPS) is 19.0. The SMILES string of the molecule is Cc1ccc(-c2c(Cl)sc3c2C(=O)C(F)(c2cccnc2)C(=O)N3)cc1C. The Morgan fingerprint density at radius 3 is 2.59 bits per heavy atom. The standard InChI is InChI=1S/C20H14ClFN2O2S/c1-10-5-6-12(8-11(10)2)14-15-16(25)20(22,13-4-3-7-23-9-13)19(26)24-18(15)27-17(14)21/h3-9H,1-2H3,(H,24,26). The van der Waals surface area contributed by atoms with Crippen molar-refractivity contribution in [2.75, 3.05) is 5.32 Å². The Balaban J connectivity index is 1.94. The number of rotatable bonds is 2. The number of aromatic nitrogens is 1. The summed E-state index contributed by atoms with van der Waals surface area (Å²) in [6.45, 7) is 3.93. The molecule has 0 spiro atoms. The number of carbonyl (C=O) groups is 2. The number of benzene rings is 1. The van der Waals surface area contributed by atoms with Crippen molar-refractivity contribution in [1.82, 2.24) is 4.98 Å². The number of alkyl halides is 1. The van der Waals surface area contributed by atoms with Gasteiger partial charge in [0.2, 0.25) is 5.78 Å². The van der Waals surface area contributed by atoms with Crippen molar-refractivity contribution < 1.29 is 14.0 Å².